The average Bonchev–Trinajstić information content (AvgIpc) is 2.27. The summed E-state index contributed by atoms with van der Waals surface area (Å²) in [5.41, 5.74) is 3.72. The van der Waals surface area contributed by atoms with E-state index in [-0.39, 0.29) is 0 Å². The third-order valence-corrected chi connectivity index (χ3v) is 3.58. The predicted octanol–water partition coefficient (Wildman–Crippen LogP) is 2.48. The van der Waals surface area contributed by atoms with Gasteiger partial charge in [-0.1, -0.05) is 6.07 Å². The van der Waals surface area contributed by atoms with Gasteiger partial charge < -0.3 is 10.4 Å². The first-order valence-electron chi connectivity index (χ1n) is 5.70. The summed E-state index contributed by atoms with van der Waals surface area (Å²) in [5.74, 6) is 1.09. The highest BCUT2D eigenvalue weighted by Gasteiger charge is 2.18. The topological polar surface area (TPSA) is 32.3 Å². The Morgan fingerprint density at radius 2 is 1.80 bits per heavy atom. The van der Waals surface area contributed by atoms with Crippen molar-refractivity contribution in [2.45, 2.75) is 32.6 Å². The molecule has 0 radical (unpaired) electrons. The number of benzene rings is 1. The van der Waals surface area contributed by atoms with Crippen LogP contribution in [0.1, 0.15) is 35.4 Å². The second-order valence-electron chi connectivity index (χ2n) is 4.45. The van der Waals surface area contributed by atoms with Crippen molar-refractivity contribution >= 4 is 0 Å². The third kappa shape index (κ3) is 2.00. The Bertz CT molecular complexity index is 354. The van der Waals surface area contributed by atoms with Gasteiger partial charge in [0.05, 0.1) is 0 Å². The van der Waals surface area contributed by atoms with Crippen molar-refractivity contribution in [2.24, 2.45) is 0 Å². The molecule has 15 heavy (non-hydrogen) atoms. The number of phenolic OH excluding ortho intramolecular Hbond substituents is 1. The molecule has 0 aromatic heterocycles. The number of nitrogens with one attached hydrogen (secondary N) is 1. The lowest BCUT2D eigenvalue weighted by Gasteiger charge is -2.25. The van der Waals surface area contributed by atoms with Crippen molar-refractivity contribution in [1.29, 1.82) is 0 Å². The summed E-state index contributed by atoms with van der Waals surface area (Å²) in [5, 5.41) is 13.0. The molecule has 1 saturated heterocycles. The molecule has 1 aromatic rings. The highest BCUT2D eigenvalue weighted by molar-refractivity contribution is 5.44. The van der Waals surface area contributed by atoms with E-state index in [4.69, 9.17) is 0 Å². The zero-order chi connectivity index (χ0) is 10.8. The Morgan fingerprint density at radius 1 is 1.13 bits per heavy atom. The van der Waals surface area contributed by atoms with Gasteiger partial charge in [-0.3, -0.25) is 0 Å². The Morgan fingerprint density at radius 3 is 2.47 bits per heavy atom. The standard InChI is InChI=1S/C13H19NO/c1-9-10(2)13(15)4-3-12(9)11-5-7-14-8-6-11/h3-4,11,14-15H,5-8H2,1-2H3. The number of rotatable bonds is 1. The van der Waals surface area contributed by atoms with Gasteiger partial charge in [-0.05, 0) is 68.5 Å². The van der Waals surface area contributed by atoms with E-state index < -0.39 is 0 Å². The fraction of sp³-hybridized carbons (Fsp3) is 0.538. The van der Waals surface area contributed by atoms with Crippen LogP contribution in [-0.4, -0.2) is 18.2 Å². The minimum atomic E-state index is 0.421. The summed E-state index contributed by atoms with van der Waals surface area (Å²) in [7, 11) is 0. The summed E-state index contributed by atoms with van der Waals surface area (Å²) in [4.78, 5) is 0. The quantitative estimate of drug-likeness (QED) is 0.738. The van der Waals surface area contributed by atoms with Crippen molar-refractivity contribution in [3.8, 4) is 5.75 Å². The minimum Gasteiger partial charge on any atom is -0.508 e. The second-order valence-corrected chi connectivity index (χ2v) is 4.45. The molecule has 0 bridgehead atoms. The van der Waals surface area contributed by atoms with Gasteiger partial charge in [-0.2, -0.15) is 0 Å². The summed E-state index contributed by atoms with van der Waals surface area (Å²) < 4.78 is 0. The number of hydrogen-bond donors (Lipinski definition) is 2. The van der Waals surface area contributed by atoms with Crippen LogP contribution < -0.4 is 5.32 Å². The molecule has 0 amide bonds. The van der Waals surface area contributed by atoms with Crippen LogP contribution in [0.5, 0.6) is 5.75 Å². The Hall–Kier alpha value is -1.02. The molecule has 2 N–H and O–H groups in total. The molecule has 1 aromatic carbocycles. The maximum absolute atomic E-state index is 9.61. The maximum atomic E-state index is 9.61. The molecule has 0 atom stereocenters. The SMILES string of the molecule is Cc1c(O)ccc(C2CCNCC2)c1C. The Balaban J connectivity index is 2.31. The fourth-order valence-electron chi connectivity index (χ4n) is 2.40. The monoisotopic (exact) mass is 205 g/mol. The van der Waals surface area contributed by atoms with Gasteiger partial charge >= 0.3 is 0 Å². The number of piperidine rings is 1. The van der Waals surface area contributed by atoms with Crippen molar-refractivity contribution < 1.29 is 5.11 Å². The lowest BCUT2D eigenvalue weighted by molar-refractivity contribution is 0.453. The van der Waals surface area contributed by atoms with Gasteiger partial charge in [-0.15, -0.1) is 0 Å². The molecule has 1 heterocycles. The maximum Gasteiger partial charge on any atom is 0.118 e. The molecule has 82 valence electrons. The largest absolute Gasteiger partial charge is 0.508 e. The molecular weight excluding hydrogens is 186 g/mol. The molecule has 0 unspecified atom stereocenters. The zero-order valence-electron chi connectivity index (χ0n) is 9.51. The molecule has 1 aliphatic heterocycles. The molecule has 1 aliphatic rings. The van der Waals surface area contributed by atoms with Gasteiger partial charge in [0, 0.05) is 0 Å². The van der Waals surface area contributed by atoms with Gasteiger partial charge in [0.2, 0.25) is 0 Å². The first-order chi connectivity index (χ1) is 7.20. The Labute approximate surface area is 91.3 Å². The first-order valence-corrected chi connectivity index (χ1v) is 5.70. The third-order valence-electron chi connectivity index (χ3n) is 3.58. The smallest absolute Gasteiger partial charge is 0.118 e. The summed E-state index contributed by atoms with van der Waals surface area (Å²) in [6, 6.07) is 3.92. The molecule has 2 heteroatoms. The van der Waals surface area contributed by atoms with E-state index in [1.165, 1.54) is 24.0 Å². The first kappa shape index (κ1) is 10.5. The summed E-state index contributed by atoms with van der Waals surface area (Å²) in [6.07, 6.45) is 2.43. The van der Waals surface area contributed by atoms with Crippen molar-refractivity contribution in [1.82, 2.24) is 5.32 Å². The van der Waals surface area contributed by atoms with E-state index in [9.17, 15) is 5.11 Å². The van der Waals surface area contributed by atoms with Gasteiger partial charge in [-0.25, -0.2) is 0 Å². The van der Waals surface area contributed by atoms with E-state index in [1.807, 2.05) is 13.0 Å². The van der Waals surface area contributed by atoms with Crippen LogP contribution in [0.3, 0.4) is 0 Å². The fourth-order valence-corrected chi connectivity index (χ4v) is 2.40. The van der Waals surface area contributed by atoms with Crippen LogP contribution in [0.4, 0.5) is 0 Å². The van der Waals surface area contributed by atoms with E-state index in [0.29, 0.717) is 11.7 Å². The normalized spacial score (nSPS) is 18.0. The minimum absolute atomic E-state index is 0.421. The number of hydrogen-bond acceptors (Lipinski definition) is 2. The summed E-state index contributed by atoms with van der Waals surface area (Å²) >= 11 is 0. The van der Waals surface area contributed by atoms with Crippen LogP contribution in [0.25, 0.3) is 0 Å². The second kappa shape index (κ2) is 4.23. The Kier molecular flexibility index (Phi) is 2.96. The van der Waals surface area contributed by atoms with Gasteiger partial charge in [0.1, 0.15) is 5.75 Å². The molecule has 0 spiro atoms. The van der Waals surface area contributed by atoms with Crippen LogP contribution in [0.2, 0.25) is 0 Å². The van der Waals surface area contributed by atoms with Crippen LogP contribution in [0.15, 0.2) is 12.1 Å². The van der Waals surface area contributed by atoms with Gasteiger partial charge in [0.15, 0.2) is 0 Å². The highest BCUT2D eigenvalue weighted by Crippen LogP contribution is 2.32. The molecule has 2 nitrogen and oxygen atoms in total. The van der Waals surface area contributed by atoms with Crippen LogP contribution >= 0.6 is 0 Å². The molecule has 2 rings (SSSR count). The van der Waals surface area contributed by atoms with Crippen molar-refractivity contribution in [2.75, 3.05) is 13.1 Å². The molecular formula is C13H19NO. The number of phenols is 1. The molecule has 0 aliphatic carbocycles. The van der Waals surface area contributed by atoms with E-state index >= 15 is 0 Å². The molecule has 0 saturated carbocycles. The van der Waals surface area contributed by atoms with Gasteiger partial charge in [0.25, 0.3) is 0 Å². The van der Waals surface area contributed by atoms with Crippen molar-refractivity contribution in [3.63, 3.8) is 0 Å². The molecule has 1 fully saturated rings. The van der Waals surface area contributed by atoms with E-state index in [0.717, 1.165) is 18.7 Å². The predicted molar refractivity (Wildman–Crippen MR) is 62.4 cm³/mol. The van der Waals surface area contributed by atoms with E-state index in [2.05, 4.69) is 18.3 Å². The highest BCUT2D eigenvalue weighted by atomic mass is 16.3. The van der Waals surface area contributed by atoms with E-state index in [1.54, 1.807) is 0 Å². The average molecular weight is 205 g/mol. The summed E-state index contributed by atoms with van der Waals surface area (Å²) in [6.45, 7) is 6.34. The lowest BCUT2D eigenvalue weighted by atomic mass is 9.86. The van der Waals surface area contributed by atoms with Crippen LogP contribution in [0, 0.1) is 13.8 Å². The van der Waals surface area contributed by atoms with Crippen molar-refractivity contribution in [3.05, 3.63) is 28.8 Å². The zero-order valence-corrected chi connectivity index (χ0v) is 9.51. The van der Waals surface area contributed by atoms with Crippen LogP contribution in [-0.2, 0) is 0 Å². The number of aromatic hydroxyl groups is 1. The lowest BCUT2D eigenvalue weighted by Crippen LogP contribution is -2.27.